The van der Waals surface area contributed by atoms with Crippen LogP contribution in [-0.4, -0.2) is 28.7 Å². The van der Waals surface area contributed by atoms with Gasteiger partial charge in [-0.3, -0.25) is 4.79 Å². The Bertz CT molecular complexity index is 742. The summed E-state index contributed by atoms with van der Waals surface area (Å²) in [6, 6.07) is 7.05. The highest BCUT2D eigenvalue weighted by atomic mass is 16.5. The Balaban J connectivity index is 1.47. The van der Waals surface area contributed by atoms with Gasteiger partial charge in [-0.1, -0.05) is 13.0 Å². The first kappa shape index (κ1) is 15.6. The molecule has 2 aliphatic rings. The van der Waals surface area contributed by atoms with Gasteiger partial charge in [0.15, 0.2) is 0 Å². The Labute approximate surface area is 142 Å². The van der Waals surface area contributed by atoms with E-state index in [1.807, 2.05) is 0 Å². The molecule has 2 fully saturated rings. The number of imidazole rings is 1. The van der Waals surface area contributed by atoms with Crippen LogP contribution in [0.4, 0.5) is 0 Å². The summed E-state index contributed by atoms with van der Waals surface area (Å²) < 4.78 is 7.72. The fourth-order valence-electron chi connectivity index (χ4n) is 3.59. The lowest BCUT2D eigenvalue weighted by Crippen LogP contribution is -2.33. The van der Waals surface area contributed by atoms with Crippen LogP contribution in [0.25, 0.3) is 11.0 Å². The van der Waals surface area contributed by atoms with Crippen LogP contribution in [-0.2, 0) is 22.5 Å². The number of carbonyl (C=O) groups excluding carboxylic acids is 1. The second-order valence-electron chi connectivity index (χ2n) is 6.91. The maximum Gasteiger partial charge on any atom is 0.223 e. The second-order valence-corrected chi connectivity index (χ2v) is 6.91. The molecular weight excluding hydrogens is 302 g/mol. The Hall–Kier alpha value is -1.88. The number of amides is 1. The Morgan fingerprint density at radius 2 is 2.08 bits per heavy atom. The molecule has 5 nitrogen and oxygen atoms in total. The molecule has 0 bridgehead atoms. The molecule has 1 aromatic heterocycles. The van der Waals surface area contributed by atoms with E-state index in [4.69, 9.17) is 9.72 Å². The van der Waals surface area contributed by atoms with E-state index >= 15 is 0 Å². The summed E-state index contributed by atoms with van der Waals surface area (Å²) in [5.41, 5.74) is 3.40. The molecule has 2 aromatic rings. The van der Waals surface area contributed by atoms with E-state index in [0.29, 0.717) is 25.8 Å². The van der Waals surface area contributed by atoms with E-state index in [1.165, 1.54) is 24.2 Å². The van der Waals surface area contributed by atoms with Crippen molar-refractivity contribution in [2.45, 2.75) is 51.6 Å². The zero-order chi connectivity index (χ0) is 16.5. The van der Waals surface area contributed by atoms with Gasteiger partial charge in [0.1, 0.15) is 5.82 Å². The molecule has 0 radical (unpaired) electrons. The van der Waals surface area contributed by atoms with Crippen LogP contribution in [0.5, 0.6) is 0 Å². The minimum absolute atomic E-state index is 0.100. The van der Waals surface area contributed by atoms with Crippen molar-refractivity contribution in [3.63, 3.8) is 0 Å². The van der Waals surface area contributed by atoms with E-state index in [1.54, 1.807) is 0 Å². The highest BCUT2D eigenvalue weighted by Gasteiger charge is 2.27. The molecular formula is C19H25N3O2. The van der Waals surface area contributed by atoms with Gasteiger partial charge >= 0.3 is 0 Å². The summed E-state index contributed by atoms with van der Waals surface area (Å²) in [5, 5.41) is 3.07. The molecule has 0 spiro atoms. The monoisotopic (exact) mass is 327 g/mol. The third-order valence-corrected chi connectivity index (χ3v) is 5.11. The van der Waals surface area contributed by atoms with Gasteiger partial charge in [0.05, 0.1) is 11.0 Å². The zero-order valence-corrected chi connectivity index (χ0v) is 14.3. The highest BCUT2D eigenvalue weighted by Crippen LogP contribution is 2.38. The van der Waals surface area contributed by atoms with Gasteiger partial charge in [-0.25, -0.2) is 4.98 Å². The minimum Gasteiger partial charge on any atom is -0.381 e. The number of benzene rings is 1. The number of ether oxygens (including phenoxy) is 1. The van der Waals surface area contributed by atoms with Crippen molar-refractivity contribution in [1.82, 2.24) is 14.9 Å². The third-order valence-electron chi connectivity index (χ3n) is 5.11. The van der Waals surface area contributed by atoms with Gasteiger partial charge in [-0.2, -0.15) is 0 Å². The van der Waals surface area contributed by atoms with E-state index in [9.17, 15) is 4.79 Å². The standard InChI is InChI=1S/C19H25N3O2/c1-2-18-21-16-11-13(3-6-17(16)22(18)15-4-5-15)12-20-19(23)14-7-9-24-10-8-14/h3,6,11,14-15H,2,4-5,7-10,12H2,1H3,(H,20,23). The first-order chi connectivity index (χ1) is 11.8. The van der Waals surface area contributed by atoms with Crippen molar-refractivity contribution < 1.29 is 9.53 Å². The smallest absolute Gasteiger partial charge is 0.223 e. The molecule has 1 N–H and O–H groups in total. The average Bonchev–Trinajstić information content (AvgIpc) is 3.40. The summed E-state index contributed by atoms with van der Waals surface area (Å²) in [4.78, 5) is 17.1. The van der Waals surface area contributed by atoms with Gasteiger partial charge in [-0.05, 0) is 43.4 Å². The van der Waals surface area contributed by atoms with Crippen LogP contribution < -0.4 is 5.32 Å². The number of hydrogen-bond acceptors (Lipinski definition) is 3. The van der Waals surface area contributed by atoms with Crippen molar-refractivity contribution in [2.75, 3.05) is 13.2 Å². The van der Waals surface area contributed by atoms with Crippen molar-refractivity contribution >= 4 is 16.9 Å². The lowest BCUT2D eigenvalue weighted by Gasteiger charge is -2.21. The molecule has 0 unspecified atom stereocenters. The summed E-state index contributed by atoms with van der Waals surface area (Å²) in [5.74, 6) is 1.43. The number of aromatic nitrogens is 2. The van der Waals surface area contributed by atoms with Gasteiger partial charge in [-0.15, -0.1) is 0 Å². The van der Waals surface area contributed by atoms with Crippen LogP contribution in [0.1, 0.15) is 50.0 Å². The zero-order valence-electron chi connectivity index (χ0n) is 14.3. The molecule has 1 aliphatic heterocycles. The first-order valence-corrected chi connectivity index (χ1v) is 9.11. The largest absolute Gasteiger partial charge is 0.381 e. The lowest BCUT2D eigenvalue weighted by molar-refractivity contribution is -0.128. The van der Waals surface area contributed by atoms with Crippen molar-refractivity contribution in [2.24, 2.45) is 5.92 Å². The molecule has 128 valence electrons. The first-order valence-electron chi connectivity index (χ1n) is 9.11. The molecule has 24 heavy (non-hydrogen) atoms. The Kier molecular flexibility index (Phi) is 4.27. The summed E-state index contributed by atoms with van der Waals surface area (Å²) in [6.07, 6.45) is 5.15. The second kappa shape index (κ2) is 6.55. The fraction of sp³-hybridized carbons (Fsp3) is 0.579. The van der Waals surface area contributed by atoms with Crippen LogP contribution >= 0.6 is 0 Å². The molecule has 1 saturated carbocycles. The van der Waals surface area contributed by atoms with Crippen molar-refractivity contribution in [3.05, 3.63) is 29.6 Å². The van der Waals surface area contributed by atoms with Crippen LogP contribution in [0.15, 0.2) is 18.2 Å². The maximum atomic E-state index is 12.3. The molecule has 4 rings (SSSR count). The minimum atomic E-state index is 0.100. The molecule has 1 saturated heterocycles. The normalized spacial score (nSPS) is 18.9. The number of aryl methyl sites for hydroxylation is 1. The van der Waals surface area contributed by atoms with E-state index in [0.717, 1.165) is 30.3 Å². The molecule has 2 heterocycles. The van der Waals surface area contributed by atoms with Crippen LogP contribution in [0.3, 0.4) is 0 Å². The van der Waals surface area contributed by atoms with Gasteiger partial charge in [0.2, 0.25) is 5.91 Å². The summed E-state index contributed by atoms with van der Waals surface area (Å²) in [6.45, 7) is 4.13. The van der Waals surface area contributed by atoms with Gasteiger partial charge < -0.3 is 14.6 Å². The van der Waals surface area contributed by atoms with E-state index in [-0.39, 0.29) is 11.8 Å². The number of rotatable bonds is 5. The quantitative estimate of drug-likeness (QED) is 0.918. The SMILES string of the molecule is CCc1nc2cc(CNC(=O)C3CCOCC3)ccc2n1C1CC1. The summed E-state index contributed by atoms with van der Waals surface area (Å²) >= 11 is 0. The fourth-order valence-corrected chi connectivity index (χ4v) is 3.59. The van der Waals surface area contributed by atoms with Gasteiger partial charge in [0.25, 0.3) is 0 Å². The number of nitrogens with zero attached hydrogens (tertiary/aromatic N) is 2. The number of hydrogen-bond donors (Lipinski definition) is 1. The topological polar surface area (TPSA) is 56.1 Å². The summed E-state index contributed by atoms with van der Waals surface area (Å²) in [7, 11) is 0. The van der Waals surface area contributed by atoms with Crippen LogP contribution in [0, 0.1) is 5.92 Å². The third kappa shape index (κ3) is 3.05. The lowest BCUT2D eigenvalue weighted by atomic mass is 9.99. The number of carbonyl (C=O) groups is 1. The molecule has 0 atom stereocenters. The van der Waals surface area contributed by atoms with Crippen molar-refractivity contribution in [1.29, 1.82) is 0 Å². The Morgan fingerprint density at radius 1 is 1.29 bits per heavy atom. The molecule has 5 heteroatoms. The molecule has 1 amide bonds. The van der Waals surface area contributed by atoms with E-state index in [2.05, 4.69) is 35.0 Å². The van der Waals surface area contributed by atoms with Gasteiger partial charge in [0, 0.05) is 38.1 Å². The number of nitrogens with one attached hydrogen (secondary N) is 1. The highest BCUT2D eigenvalue weighted by molar-refractivity contribution is 5.79. The number of fused-ring (bicyclic) bond motifs is 1. The predicted octanol–water partition coefficient (Wildman–Crippen LogP) is 2.98. The molecule has 1 aromatic carbocycles. The average molecular weight is 327 g/mol. The van der Waals surface area contributed by atoms with E-state index < -0.39 is 0 Å². The maximum absolute atomic E-state index is 12.3. The Morgan fingerprint density at radius 3 is 2.79 bits per heavy atom. The predicted molar refractivity (Wildman–Crippen MR) is 92.8 cm³/mol. The van der Waals surface area contributed by atoms with Crippen LogP contribution in [0.2, 0.25) is 0 Å². The van der Waals surface area contributed by atoms with Crippen molar-refractivity contribution in [3.8, 4) is 0 Å². The molecule has 1 aliphatic carbocycles.